The van der Waals surface area contributed by atoms with Crippen molar-refractivity contribution in [2.24, 2.45) is 11.7 Å². The Hall–Kier alpha value is -1.08. The predicted molar refractivity (Wildman–Crippen MR) is 69.3 cm³/mol. The summed E-state index contributed by atoms with van der Waals surface area (Å²) in [5, 5.41) is 0. The summed E-state index contributed by atoms with van der Waals surface area (Å²) in [5.74, 6) is 1.41. The van der Waals surface area contributed by atoms with Crippen molar-refractivity contribution in [3.05, 3.63) is 48.0 Å². The fourth-order valence-corrected chi connectivity index (χ4v) is 2.40. The largest absolute Gasteiger partial charge is 0.327 e. The van der Waals surface area contributed by atoms with Gasteiger partial charge in [-0.15, -0.1) is 6.58 Å². The minimum Gasteiger partial charge on any atom is -0.327 e. The molecule has 0 spiro atoms. The summed E-state index contributed by atoms with van der Waals surface area (Å²) in [4.78, 5) is 0. The van der Waals surface area contributed by atoms with Crippen LogP contribution in [0.4, 0.5) is 0 Å². The first-order chi connectivity index (χ1) is 7.68. The van der Waals surface area contributed by atoms with Gasteiger partial charge >= 0.3 is 0 Å². The van der Waals surface area contributed by atoms with E-state index in [2.05, 4.69) is 43.8 Å². The van der Waals surface area contributed by atoms with Crippen LogP contribution in [0.5, 0.6) is 0 Å². The number of hydrogen-bond acceptors (Lipinski definition) is 1. The van der Waals surface area contributed by atoms with Gasteiger partial charge in [0.05, 0.1) is 0 Å². The number of rotatable bonds is 5. The first kappa shape index (κ1) is 11.4. The van der Waals surface area contributed by atoms with Crippen LogP contribution in [0.1, 0.15) is 37.7 Å². The summed E-state index contributed by atoms with van der Waals surface area (Å²) in [5.41, 5.74) is 8.91. The van der Waals surface area contributed by atoms with E-state index in [9.17, 15) is 0 Å². The lowest BCUT2D eigenvalue weighted by Crippen LogP contribution is -2.23. The molecule has 16 heavy (non-hydrogen) atoms. The molecule has 0 aromatic heterocycles. The summed E-state index contributed by atoms with van der Waals surface area (Å²) in [6.07, 6.45) is 3.42. The molecule has 0 bridgehead atoms. The second-order valence-corrected chi connectivity index (χ2v) is 5.08. The first-order valence-electron chi connectivity index (χ1n) is 6.13. The van der Waals surface area contributed by atoms with E-state index in [1.54, 1.807) is 0 Å². The minimum absolute atomic E-state index is 0.349. The zero-order valence-electron chi connectivity index (χ0n) is 10.0. The molecule has 0 radical (unpaired) electrons. The molecule has 2 rings (SSSR count). The number of hydrogen-bond donors (Lipinski definition) is 1. The maximum atomic E-state index is 6.21. The van der Waals surface area contributed by atoms with Crippen molar-refractivity contribution in [3.8, 4) is 0 Å². The molecule has 86 valence electrons. The second kappa shape index (κ2) is 4.84. The summed E-state index contributed by atoms with van der Waals surface area (Å²) in [7, 11) is 0. The molecule has 1 aliphatic carbocycles. The summed E-state index contributed by atoms with van der Waals surface area (Å²) in [6, 6.07) is 11.1. The van der Waals surface area contributed by atoms with E-state index in [1.807, 2.05) is 0 Å². The van der Waals surface area contributed by atoms with Crippen LogP contribution in [0.15, 0.2) is 42.5 Å². The third kappa shape index (κ3) is 2.73. The van der Waals surface area contributed by atoms with Crippen LogP contribution in [-0.4, -0.2) is 6.04 Å². The molecule has 3 unspecified atom stereocenters. The van der Waals surface area contributed by atoms with Crippen molar-refractivity contribution < 1.29 is 0 Å². The molecule has 1 fully saturated rings. The fourth-order valence-electron chi connectivity index (χ4n) is 2.40. The van der Waals surface area contributed by atoms with E-state index in [4.69, 9.17) is 5.73 Å². The average Bonchev–Trinajstić information content (AvgIpc) is 3.07. The molecule has 1 heteroatoms. The van der Waals surface area contributed by atoms with Gasteiger partial charge in [-0.1, -0.05) is 35.9 Å². The van der Waals surface area contributed by atoms with Crippen molar-refractivity contribution in [3.63, 3.8) is 0 Å². The van der Waals surface area contributed by atoms with Crippen LogP contribution < -0.4 is 5.73 Å². The van der Waals surface area contributed by atoms with E-state index in [0.29, 0.717) is 17.9 Å². The van der Waals surface area contributed by atoms with Gasteiger partial charge < -0.3 is 5.73 Å². The van der Waals surface area contributed by atoms with E-state index < -0.39 is 0 Å². The fraction of sp³-hybridized carbons (Fsp3) is 0.467. The molecular weight excluding hydrogens is 194 g/mol. The summed E-state index contributed by atoms with van der Waals surface area (Å²) >= 11 is 0. The lowest BCUT2D eigenvalue weighted by Gasteiger charge is -2.11. The maximum Gasteiger partial charge on any atom is 0.00762 e. The van der Waals surface area contributed by atoms with Gasteiger partial charge in [0.2, 0.25) is 0 Å². The van der Waals surface area contributed by atoms with Crippen LogP contribution in [0, 0.1) is 5.92 Å². The molecule has 0 saturated heterocycles. The highest BCUT2D eigenvalue weighted by Crippen LogP contribution is 2.49. The van der Waals surface area contributed by atoms with Crippen molar-refractivity contribution >= 4 is 0 Å². The molecule has 0 aliphatic heterocycles. The Kier molecular flexibility index (Phi) is 3.45. The van der Waals surface area contributed by atoms with Crippen LogP contribution >= 0.6 is 0 Å². The average molecular weight is 215 g/mol. The smallest absolute Gasteiger partial charge is 0.00762 e. The van der Waals surface area contributed by atoms with E-state index in [0.717, 1.165) is 12.8 Å². The highest BCUT2D eigenvalue weighted by atomic mass is 14.7. The van der Waals surface area contributed by atoms with Crippen LogP contribution in [0.25, 0.3) is 0 Å². The molecule has 1 aromatic rings. The number of allylic oxidation sites excluding steroid dienone is 1. The van der Waals surface area contributed by atoms with Gasteiger partial charge in [0.25, 0.3) is 0 Å². The van der Waals surface area contributed by atoms with Gasteiger partial charge in [-0.2, -0.15) is 0 Å². The van der Waals surface area contributed by atoms with Crippen molar-refractivity contribution in [2.75, 3.05) is 0 Å². The minimum atomic E-state index is 0.349. The Balaban J connectivity index is 1.84. The van der Waals surface area contributed by atoms with Gasteiger partial charge in [0.15, 0.2) is 0 Å². The zero-order chi connectivity index (χ0) is 11.5. The Morgan fingerprint density at radius 1 is 1.44 bits per heavy atom. The van der Waals surface area contributed by atoms with Crippen LogP contribution in [-0.2, 0) is 0 Å². The maximum absolute atomic E-state index is 6.21. The summed E-state index contributed by atoms with van der Waals surface area (Å²) < 4.78 is 0. The predicted octanol–water partition coefficient (Wildman–Crippen LogP) is 3.47. The Morgan fingerprint density at radius 3 is 2.75 bits per heavy atom. The van der Waals surface area contributed by atoms with Gasteiger partial charge in [0, 0.05) is 6.04 Å². The lowest BCUT2D eigenvalue weighted by molar-refractivity contribution is 0.538. The molecule has 1 aromatic carbocycles. The zero-order valence-corrected chi connectivity index (χ0v) is 10.0. The third-order valence-electron chi connectivity index (χ3n) is 3.52. The Labute approximate surface area is 98.4 Å². The molecule has 2 N–H and O–H groups in total. The highest BCUT2D eigenvalue weighted by Gasteiger charge is 2.41. The molecule has 0 amide bonds. The molecule has 0 heterocycles. The Morgan fingerprint density at radius 2 is 2.12 bits per heavy atom. The van der Waals surface area contributed by atoms with Crippen molar-refractivity contribution in [2.45, 2.75) is 38.1 Å². The molecule has 3 atom stereocenters. The number of nitrogens with two attached hydrogens (primary N) is 1. The lowest BCUT2D eigenvalue weighted by atomic mass is 10.0. The van der Waals surface area contributed by atoms with Crippen molar-refractivity contribution in [1.82, 2.24) is 0 Å². The van der Waals surface area contributed by atoms with Gasteiger partial charge in [-0.3, -0.25) is 0 Å². The normalized spacial score (nSPS) is 25.1. The molecule has 1 saturated carbocycles. The molecule has 1 aliphatic rings. The quantitative estimate of drug-likeness (QED) is 0.748. The second-order valence-electron chi connectivity index (χ2n) is 5.08. The van der Waals surface area contributed by atoms with E-state index in [1.165, 1.54) is 17.6 Å². The summed E-state index contributed by atoms with van der Waals surface area (Å²) in [6.45, 7) is 6.01. The SMILES string of the molecule is C=C(C)CCC(N)C1CC1c1ccccc1. The highest BCUT2D eigenvalue weighted by molar-refractivity contribution is 5.26. The van der Waals surface area contributed by atoms with Crippen LogP contribution in [0.3, 0.4) is 0 Å². The van der Waals surface area contributed by atoms with Gasteiger partial charge in [0.1, 0.15) is 0 Å². The standard InChI is InChI=1S/C15H21N/c1-11(2)8-9-15(16)14-10-13(14)12-6-4-3-5-7-12/h3-7,13-15H,1,8-10,16H2,2H3. The van der Waals surface area contributed by atoms with Crippen LogP contribution in [0.2, 0.25) is 0 Å². The third-order valence-corrected chi connectivity index (χ3v) is 3.52. The monoisotopic (exact) mass is 215 g/mol. The van der Waals surface area contributed by atoms with E-state index >= 15 is 0 Å². The topological polar surface area (TPSA) is 26.0 Å². The van der Waals surface area contributed by atoms with Crippen molar-refractivity contribution in [1.29, 1.82) is 0 Å². The van der Waals surface area contributed by atoms with Gasteiger partial charge in [-0.05, 0) is 43.6 Å². The molecular formula is C15H21N. The van der Waals surface area contributed by atoms with E-state index in [-0.39, 0.29) is 0 Å². The number of benzene rings is 1. The Bertz CT molecular complexity index is 355. The molecule has 1 nitrogen and oxygen atoms in total. The van der Waals surface area contributed by atoms with Gasteiger partial charge in [-0.25, -0.2) is 0 Å². The first-order valence-corrected chi connectivity index (χ1v) is 6.13.